The van der Waals surface area contributed by atoms with Gasteiger partial charge in [-0.25, -0.2) is 0 Å². The molecule has 30 heavy (non-hydrogen) atoms. The van der Waals surface area contributed by atoms with E-state index in [-0.39, 0.29) is 5.91 Å². The lowest BCUT2D eigenvalue weighted by atomic mass is 10.0. The van der Waals surface area contributed by atoms with Gasteiger partial charge in [0, 0.05) is 24.5 Å². The van der Waals surface area contributed by atoms with Gasteiger partial charge in [0.15, 0.2) is 0 Å². The van der Waals surface area contributed by atoms with Gasteiger partial charge in [0.25, 0.3) is 5.91 Å². The third-order valence-corrected chi connectivity index (χ3v) is 6.06. The number of nitrogens with one attached hydrogen (secondary N) is 1. The Kier molecular flexibility index (Phi) is 6.43. The molecule has 3 heterocycles. The standard InChI is InChI=1S/C24H31N3O3/c1-18-7-3-4-12-26(18)13-6-11-25-23(28)22-16-20-10-14-30-24(20)27(22)17-19-8-5-9-21(15-19)29-2/h5,8-10,14-16,18H,3-4,6-7,11-13,17H2,1-2H3,(H,25,28). The lowest BCUT2D eigenvalue weighted by Crippen LogP contribution is -2.39. The molecule has 6 nitrogen and oxygen atoms in total. The molecule has 1 fully saturated rings. The lowest BCUT2D eigenvalue weighted by Gasteiger charge is -2.33. The number of carbonyl (C=O) groups excluding carboxylic acids is 1. The first-order valence-electron chi connectivity index (χ1n) is 10.9. The zero-order valence-corrected chi connectivity index (χ0v) is 17.9. The van der Waals surface area contributed by atoms with Gasteiger partial charge in [0.2, 0.25) is 5.71 Å². The maximum absolute atomic E-state index is 12.9. The number of nitrogens with zero attached hydrogens (tertiary/aromatic N) is 2. The first-order chi connectivity index (χ1) is 14.7. The molecule has 1 unspecified atom stereocenters. The topological polar surface area (TPSA) is 59.6 Å². The molecular formula is C24H31N3O3. The van der Waals surface area contributed by atoms with Gasteiger partial charge in [0.05, 0.1) is 19.9 Å². The quantitative estimate of drug-likeness (QED) is 0.564. The van der Waals surface area contributed by atoms with Gasteiger partial charge < -0.3 is 23.9 Å². The molecule has 1 aromatic carbocycles. The summed E-state index contributed by atoms with van der Waals surface area (Å²) in [4.78, 5) is 15.5. The summed E-state index contributed by atoms with van der Waals surface area (Å²) >= 11 is 0. The molecule has 160 valence electrons. The SMILES string of the molecule is COc1cccc(Cn2c(C(=O)NCCCN3CCCCC3C)cc3ccoc32)c1. The average molecular weight is 410 g/mol. The maximum atomic E-state index is 12.9. The summed E-state index contributed by atoms with van der Waals surface area (Å²) in [5.74, 6) is 0.740. The number of ether oxygens (including phenoxy) is 1. The average Bonchev–Trinajstić information content (AvgIpc) is 3.35. The Balaban J connectivity index is 1.42. The van der Waals surface area contributed by atoms with Crippen molar-refractivity contribution in [3.63, 3.8) is 0 Å². The van der Waals surface area contributed by atoms with Crippen LogP contribution in [-0.2, 0) is 6.54 Å². The number of rotatable bonds is 8. The van der Waals surface area contributed by atoms with Crippen LogP contribution in [-0.4, -0.2) is 48.2 Å². The molecule has 1 aliphatic heterocycles. The number of likely N-dealkylation sites (tertiary alicyclic amines) is 1. The molecule has 1 amide bonds. The zero-order chi connectivity index (χ0) is 20.9. The lowest BCUT2D eigenvalue weighted by molar-refractivity contribution is 0.0940. The number of amides is 1. The molecule has 1 N–H and O–H groups in total. The normalized spacial score (nSPS) is 17.3. The van der Waals surface area contributed by atoms with Gasteiger partial charge in [-0.2, -0.15) is 0 Å². The van der Waals surface area contributed by atoms with Crippen LogP contribution in [0, 0.1) is 0 Å². The Morgan fingerprint density at radius 3 is 3.00 bits per heavy atom. The van der Waals surface area contributed by atoms with Crippen molar-refractivity contribution in [1.29, 1.82) is 0 Å². The predicted octanol–water partition coefficient (Wildman–Crippen LogP) is 4.29. The molecule has 3 aromatic rings. The Morgan fingerprint density at radius 2 is 2.17 bits per heavy atom. The van der Waals surface area contributed by atoms with Gasteiger partial charge in [-0.3, -0.25) is 4.79 Å². The molecule has 0 saturated carbocycles. The molecule has 0 bridgehead atoms. The smallest absolute Gasteiger partial charge is 0.268 e. The van der Waals surface area contributed by atoms with Gasteiger partial charge in [-0.05, 0) is 62.6 Å². The minimum Gasteiger partial charge on any atom is -0.497 e. The molecule has 4 rings (SSSR count). The van der Waals surface area contributed by atoms with Crippen LogP contribution >= 0.6 is 0 Å². The van der Waals surface area contributed by atoms with Crippen molar-refractivity contribution in [1.82, 2.24) is 14.8 Å². The van der Waals surface area contributed by atoms with Crippen LogP contribution in [0.15, 0.2) is 47.1 Å². The van der Waals surface area contributed by atoms with E-state index in [0.29, 0.717) is 30.5 Å². The summed E-state index contributed by atoms with van der Waals surface area (Å²) in [6, 6.07) is 12.3. The van der Waals surface area contributed by atoms with Crippen LogP contribution < -0.4 is 10.1 Å². The second-order valence-corrected chi connectivity index (χ2v) is 8.14. The molecule has 2 aromatic heterocycles. The summed E-state index contributed by atoms with van der Waals surface area (Å²) in [6.45, 7) is 5.73. The molecule has 1 aliphatic rings. The van der Waals surface area contributed by atoms with E-state index in [0.717, 1.165) is 29.7 Å². The Bertz CT molecular complexity index is 991. The van der Waals surface area contributed by atoms with Gasteiger partial charge in [-0.1, -0.05) is 18.6 Å². The van der Waals surface area contributed by atoms with E-state index in [1.165, 1.54) is 25.8 Å². The minimum absolute atomic E-state index is 0.0593. The number of piperidine rings is 1. The zero-order valence-electron chi connectivity index (χ0n) is 17.9. The monoisotopic (exact) mass is 409 g/mol. The molecule has 0 aliphatic carbocycles. The van der Waals surface area contributed by atoms with E-state index in [1.54, 1.807) is 13.4 Å². The fourth-order valence-electron chi connectivity index (χ4n) is 4.34. The predicted molar refractivity (Wildman–Crippen MR) is 118 cm³/mol. The van der Waals surface area contributed by atoms with E-state index in [4.69, 9.17) is 9.15 Å². The first kappa shape index (κ1) is 20.5. The van der Waals surface area contributed by atoms with Crippen LogP contribution in [0.3, 0.4) is 0 Å². The number of carbonyl (C=O) groups is 1. The van der Waals surface area contributed by atoms with Crippen molar-refractivity contribution in [3.8, 4) is 5.75 Å². The summed E-state index contributed by atoms with van der Waals surface area (Å²) in [6.07, 6.45) is 6.52. The molecule has 0 radical (unpaired) electrons. The van der Waals surface area contributed by atoms with Crippen molar-refractivity contribution in [2.24, 2.45) is 0 Å². The Hall–Kier alpha value is -2.73. The Morgan fingerprint density at radius 1 is 1.27 bits per heavy atom. The third kappa shape index (κ3) is 4.54. The number of furan rings is 1. The van der Waals surface area contributed by atoms with Crippen LogP contribution in [0.5, 0.6) is 5.75 Å². The van der Waals surface area contributed by atoms with Crippen molar-refractivity contribution >= 4 is 17.0 Å². The van der Waals surface area contributed by atoms with E-state index < -0.39 is 0 Å². The van der Waals surface area contributed by atoms with E-state index >= 15 is 0 Å². The second-order valence-electron chi connectivity index (χ2n) is 8.14. The highest BCUT2D eigenvalue weighted by Crippen LogP contribution is 2.24. The van der Waals surface area contributed by atoms with Crippen molar-refractivity contribution < 1.29 is 13.9 Å². The number of methoxy groups -OCH3 is 1. The number of fused-ring (bicyclic) bond motifs is 1. The summed E-state index contributed by atoms with van der Waals surface area (Å²) in [7, 11) is 1.66. The fraction of sp³-hybridized carbons (Fsp3) is 0.458. The number of hydrogen-bond donors (Lipinski definition) is 1. The minimum atomic E-state index is -0.0593. The number of aromatic nitrogens is 1. The van der Waals surface area contributed by atoms with E-state index in [9.17, 15) is 4.79 Å². The summed E-state index contributed by atoms with van der Waals surface area (Å²) < 4.78 is 12.9. The van der Waals surface area contributed by atoms with Crippen LogP contribution in [0.2, 0.25) is 0 Å². The largest absolute Gasteiger partial charge is 0.497 e. The van der Waals surface area contributed by atoms with Crippen molar-refractivity contribution in [2.75, 3.05) is 26.7 Å². The number of hydrogen-bond acceptors (Lipinski definition) is 4. The fourth-order valence-corrected chi connectivity index (χ4v) is 4.34. The highest BCUT2D eigenvalue weighted by Gasteiger charge is 2.19. The van der Waals surface area contributed by atoms with Crippen LogP contribution in [0.25, 0.3) is 11.1 Å². The highest BCUT2D eigenvalue weighted by atomic mass is 16.5. The molecule has 6 heteroatoms. The van der Waals surface area contributed by atoms with Crippen molar-refractivity contribution in [3.05, 3.63) is 53.9 Å². The van der Waals surface area contributed by atoms with Crippen LogP contribution in [0.4, 0.5) is 0 Å². The maximum Gasteiger partial charge on any atom is 0.268 e. The number of benzene rings is 1. The second kappa shape index (κ2) is 9.39. The van der Waals surface area contributed by atoms with Gasteiger partial charge >= 0.3 is 0 Å². The molecule has 1 atom stereocenters. The first-order valence-corrected chi connectivity index (χ1v) is 10.9. The summed E-state index contributed by atoms with van der Waals surface area (Å²) in [5, 5.41) is 4.04. The molecule has 1 saturated heterocycles. The molecular weight excluding hydrogens is 378 g/mol. The van der Waals surface area contributed by atoms with Gasteiger partial charge in [0.1, 0.15) is 11.4 Å². The third-order valence-electron chi connectivity index (χ3n) is 6.06. The summed E-state index contributed by atoms with van der Waals surface area (Å²) in [5.41, 5.74) is 2.39. The van der Waals surface area contributed by atoms with Gasteiger partial charge in [-0.15, -0.1) is 0 Å². The van der Waals surface area contributed by atoms with E-state index in [1.807, 2.05) is 41.0 Å². The van der Waals surface area contributed by atoms with Crippen molar-refractivity contribution in [2.45, 2.75) is 45.2 Å². The van der Waals surface area contributed by atoms with E-state index in [2.05, 4.69) is 17.1 Å². The van der Waals surface area contributed by atoms with Crippen LogP contribution in [0.1, 0.15) is 48.7 Å². The Labute approximate surface area is 177 Å². The highest BCUT2D eigenvalue weighted by molar-refractivity contribution is 5.97. The molecule has 0 spiro atoms.